The minimum Gasteiger partial charge on any atom is -0.508 e. The maximum atomic E-state index is 12.0. The van der Waals surface area contributed by atoms with Crippen LogP contribution in [0.2, 0.25) is 0 Å². The van der Waals surface area contributed by atoms with Crippen molar-refractivity contribution >= 4 is 0 Å². The van der Waals surface area contributed by atoms with Crippen LogP contribution in [-0.4, -0.2) is 5.11 Å². The number of phenolic OH excluding ortho intramolecular Hbond substituents is 1. The predicted molar refractivity (Wildman–Crippen MR) is 26.9 cm³/mol. The molecule has 1 nitrogen and oxygen atoms in total. The fourth-order valence-corrected chi connectivity index (χ4v) is 0.426. The van der Waals surface area contributed by atoms with Crippen molar-refractivity contribution in [2.24, 2.45) is 0 Å². The van der Waals surface area contributed by atoms with Gasteiger partial charge in [-0.15, -0.1) is 0 Å². The van der Waals surface area contributed by atoms with E-state index in [1.807, 2.05) is 0 Å². The molecule has 8 heavy (non-hydrogen) atoms. The van der Waals surface area contributed by atoms with Crippen LogP contribution in [0.5, 0.6) is 5.75 Å². The van der Waals surface area contributed by atoms with Crippen LogP contribution in [-0.2, 0) is 0 Å². The van der Waals surface area contributed by atoms with Crippen LogP contribution < -0.4 is 0 Å². The van der Waals surface area contributed by atoms with Crippen molar-refractivity contribution in [3.8, 4) is 5.75 Å². The zero-order valence-corrected chi connectivity index (χ0v) is 4.06. The highest BCUT2D eigenvalue weighted by molar-refractivity contribution is 5.19. The van der Waals surface area contributed by atoms with Crippen molar-refractivity contribution in [2.75, 3.05) is 0 Å². The van der Waals surface area contributed by atoms with Crippen molar-refractivity contribution in [2.45, 2.75) is 0 Å². The molecule has 0 unspecified atom stereocenters. The number of hydrogen-bond acceptors (Lipinski definition) is 1. The van der Waals surface area contributed by atoms with Gasteiger partial charge in [0.1, 0.15) is 11.6 Å². The van der Waals surface area contributed by atoms with Gasteiger partial charge in [-0.1, -0.05) is 0 Å². The Kier molecular flexibility index (Phi) is 1.16. The molecule has 1 rings (SSSR count). The summed E-state index contributed by atoms with van der Waals surface area (Å²) in [6.45, 7) is 0. The largest absolute Gasteiger partial charge is 0.508 e. The number of benzene rings is 1. The van der Waals surface area contributed by atoms with Gasteiger partial charge in [0.05, 0.1) is 0 Å². The van der Waals surface area contributed by atoms with E-state index in [4.69, 9.17) is 5.11 Å². The standard InChI is InChI=1S/C6H4FO/c7-5-2-1-3-6(8)4-5/h1,3-4,8H. The summed E-state index contributed by atoms with van der Waals surface area (Å²) in [5, 5.41) is 8.55. The molecule has 1 radical (unpaired) electrons. The van der Waals surface area contributed by atoms with Crippen LogP contribution in [0.15, 0.2) is 18.2 Å². The van der Waals surface area contributed by atoms with Gasteiger partial charge in [0, 0.05) is 12.1 Å². The Labute approximate surface area is 46.4 Å². The lowest BCUT2D eigenvalue weighted by Crippen LogP contribution is -1.69. The number of phenols is 1. The molecule has 0 aliphatic carbocycles. The van der Waals surface area contributed by atoms with Gasteiger partial charge in [-0.05, 0) is 12.1 Å². The topological polar surface area (TPSA) is 20.2 Å². The van der Waals surface area contributed by atoms with Gasteiger partial charge in [-0.25, -0.2) is 4.39 Å². The molecule has 41 valence electrons. The fourth-order valence-electron chi connectivity index (χ4n) is 0.426. The lowest BCUT2D eigenvalue weighted by atomic mass is 10.3. The van der Waals surface area contributed by atoms with Crippen LogP contribution in [0, 0.1) is 11.9 Å². The third-order valence-corrected chi connectivity index (χ3v) is 0.750. The Balaban J connectivity index is 3.08. The molecule has 0 aromatic heterocycles. The normalized spacial score (nSPS) is 9.12. The van der Waals surface area contributed by atoms with Gasteiger partial charge in [0.15, 0.2) is 0 Å². The highest BCUT2D eigenvalue weighted by Crippen LogP contribution is 2.07. The molecule has 0 bridgehead atoms. The quantitative estimate of drug-likeness (QED) is 0.535. The van der Waals surface area contributed by atoms with Gasteiger partial charge in [-0.3, -0.25) is 0 Å². The molecule has 0 heterocycles. The Morgan fingerprint density at radius 3 is 2.75 bits per heavy atom. The summed E-state index contributed by atoms with van der Waals surface area (Å²) in [7, 11) is 0. The third kappa shape index (κ3) is 0.964. The van der Waals surface area contributed by atoms with Crippen LogP contribution in [0.25, 0.3) is 0 Å². The molecular formula is C6H4FO. The zero-order chi connectivity index (χ0) is 5.98. The van der Waals surface area contributed by atoms with E-state index in [0.29, 0.717) is 0 Å². The number of rotatable bonds is 0. The second-order valence-corrected chi connectivity index (χ2v) is 1.39. The van der Waals surface area contributed by atoms with E-state index in [2.05, 4.69) is 6.07 Å². The molecule has 0 saturated heterocycles. The van der Waals surface area contributed by atoms with E-state index < -0.39 is 5.82 Å². The highest BCUT2D eigenvalue weighted by Gasteiger charge is 1.87. The van der Waals surface area contributed by atoms with E-state index in [1.165, 1.54) is 12.1 Å². The van der Waals surface area contributed by atoms with Crippen LogP contribution >= 0.6 is 0 Å². The summed E-state index contributed by atoms with van der Waals surface area (Å²) < 4.78 is 12.0. The Morgan fingerprint density at radius 2 is 2.38 bits per heavy atom. The minimum absolute atomic E-state index is 0.0683. The van der Waals surface area contributed by atoms with E-state index in [1.54, 1.807) is 0 Å². The third-order valence-electron chi connectivity index (χ3n) is 0.750. The van der Waals surface area contributed by atoms with Gasteiger partial charge in [-0.2, -0.15) is 0 Å². The molecule has 2 heteroatoms. The number of halogens is 1. The Morgan fingerprint density at radius 1 is 1.62 bits per heavy atom. The molecule has 0 aliphatic heterocycles. The molecule has 0 aliphatic rings. The second kappa shape index (κ2) is 1.82. The molecule has 0 amide bonds. The van der Waals surface area contributed by atoms with Crippen molar-refractivity contribution < 1.29 is 9.50 Å². The molecule has 1 aromatic rings. The minimum atomic E-state index is -0.537. The fraction of sp³-hybridized carbons (Fsp3) is 0. The van der Waals surface area contributed by atoms with E-state index in [9.17, 15) is 4.39 Å². The average molecular weight is 111 g/mol. The summed E-state index contributed by atoms with van der Waals surface area (Å²) >= 11 is 0. The Bertz CT molecular complexity index is 168. The summed E-state index contributed by atoms with van der Waals surface area (Å²) in [6.07, 6.45) is 0. The smallest absolute Gasteiger partial charge is 0.134 e. The molecule has 0 saturated carbocycles. The predicted octanol–water partition coefficient (Wildman–Crippen LogP) is 1.33. The van der Waals surface area contributed by atoms with Gasteiger partial charge < -0.3 is 5.11 Å². The van der Waals surface area contributed by atoms with Gasteiger partial charge in [0.2, 0.25) is 0 Å². The van der Waals surface area contributed by atoms with Crippen LogP contribution in [0.1, 0.15) is 0 Å². The monoisotopic (exact) mass is 111 g/mol. The maximum Gasteiger partial charge on any atom is 0.134 e. The Hall–Kier alpha value is -1.05. The summed E-state index contributed by atoms with van der Waals surface area (Å²) in [4.78, 5) is 0. The van der Waals surface area contributed by atoms with Crippen molar-refractivity contribution in [1.29, 1.82) is 0 Å². The first-order valence-corrected chi connectivity index (χ1v) is 2.15. The molecule has 1 N–H and O–H groups in total. The van der Waals surface area contributed by atoms with E-state index in [-0.39, 0.29) is 5.75 Å². The van der Waals surface area contributed by atoms with Crippen LogP contribution in [0.4, 0.5) is 4.39 Å². The van der Waals surface area contributed by atoms with Crippen molar-refractivity contribution in [3.63, 3.8) is 0 Å². The molecule has 0 spiro atoms. The van der Waals surface area contributed by atoms with Crippen molar-refractivity contribution in [1.82, 2.24) is 0 Å². The van der Waals surface area contributed by atoms with E-state index >= 15 is 0 Å². The highest BCUT2D eigenvalue weighted by atomic mass is 19.1. The van der Waals surface area contributed by atoms with Crippen LogP contribution in [0.3, 0.4) is 0 Å². The first-order valence-electron chi connectivity index (χ1n) is 2.15. The van der Waals surface area contributed by atoms with Gasteiger partial charge >= 0.3 is 0 Å². The summed E-state index contributed by atoms with van der Waals surface area (Å²) in [6, 6.07) is 5.93. The molecule has 1 aromatic carbocycles. The maximum absolute atomic E-state index is 12.0. The summed E-state index contributed by atoms with van der Waals surface area (Å²) in [5.74, 6) is -0.605. The lowest BCUT2D eigenvalue weighted by molar-refractivity contribution is 0.469. The first-order chi connectivity index (χ1) is 3.79. The van der Waals surface area contributed by atoms with Crippen molar-refractivity contribution in [3.05, 3.63) is 30.1 Å². The zero-order valence-electron chi connectivity index (χ0n) is 4.06. The molecule has 0 fully saturated rings. The second-order valence-electron chi connectivity index (χ2n) is 1.39. The first kappa shape index (κ1) is 5.09. The SMILES string of the molecule is Oc1cc[c]c(F)c1. The van der Waals surface area contributed by atoms with E-state index in [0.717, 1.165) is 6.07 Å². The molecular weight excluding hydrogens is 107 g/mol. The average Bonchev–Trinajstić information content (AvgIpc) is 1.64. The lowest BCUT2D eigenvalue weighted by Gasteiger charge is -1.86. The van der Waals surface area contributed by atoms with Gasteiger partial charge in [0.25, 0.3) is 0 Å². The summed E-state index contributed by atoms with van der Waals surface area (Å²) in [5.41, 5.74) is 0. The number of hydrogen-bond donors (Lipinski definition) is 1. The number of aromatic hydroxyl groups is 1. The molecule has 0 atom stereocenters.